The zero-order valence-corrected chi connectivity index (χ0v) is 12.1. The Hall–Kier alpha value is -1.39. The molecule has 104 valence electrons. The van der Waals surface area contributed by atoms with E-state index in [1.54, 1.807) is 0 Å². The van der Waals surface area contributed by atoms with Gasteiger partial charge in [0.25, 0.3) is 0 Å². The van der Waals surface area contributed by atoms with E-state index >= 15 is 0 Å². The van der Waals surface area contributed by atoms with Crippen LogP contribution >= 0.6 is 0 Å². The molecule has 3 N–H and O–H groups in total. The number of nitrogens with zero attached hydrogens (tertiary/aromatic N) is 2. The van der Waals surface area contributed by atoms with Gasteiger partial charge in [-0.05, 0) is 30.5 Å². The van der Waals surface area contributed by atoms with Crippen LogP contribution in [0.15, 0.2) is 18.2 Å². The van der Waals surface area contributed by atoms with Crippen LogP contribution in [0, 0.1) is 18.8 Å². The Labute approximate surface area is 114 Å². The third-order valence-corrected chi connectivity index (χ3v) is 4.04. The molecule has 0 radical (unpaired) electrons. The van der Waals surface area contributed by atoms with Crippen LogP contribution in [-0.2, 0) is 7.05 Å². The number of imidazole rings is 1. The van der Waals surface area contributed by atoms with Crippen molar-refractivity contribution in [1.82, 2.24) is 9.55 Å². The number of aliphatic hydroxyl groups is 1. The second-order valence-electron chi connectivity index (χ2n) is 5.58. The second kappa shape index (κ2) is 5.31. The molecule has 1 aromatic carbocycles. The Morgan fingerprint density at radius 1 is 1.37 bits per heavy atom. The second-order valence-corrected chi connectivity index (χ2v) is 5.58. The minimum atomic E-state index is -0.156. The molecule has 0 saturated carbocycles. The number of hydrogen-bond acceptors (Lipinski definition) is 3. The summed E-state index contributed by atoms with van der Waals surface area (Å²) in [5.41, 5.74) is 9.41. The van der Waals surface area contributed by atoms with Crippen LogP contribution in [0.2, 0.25) is 0 Å². The predicted octanol–water partition coefficient (Wildman–Crippen LogP) is 2.15. The van der Waals surface area contributed by atoms with Gasteiger partial charge < -0.3 is 15.4 Å². The standard InChI is InChI=1S/C15H23N3O/c1-9(2)12(8-19)15(16)11-5-6-14-13(7-11)17-10(3)18(14)4/h5-7,9,12,15,19H,8,16H2,1-4H3. The largest absolute Gasteiger partial charge is 0.396 e. The van der Waals surface area contributed by atoms with E-state index < -0.39 is 0 Å². The first-order chi connectivity index (χ1) is 8.95. The van der Waals surface area contributed by atoms with E-state index in [9.17, 15) is 5.11 Å². The molecule has 1 aromatic heterocycles. The number of hydrogen-bond donors (Lipinski definition) is 2. The Morgan fingerprint density at radius 2 is 2.05 bits per heavy atom. The molecule has 0 aliphatic carbocycles. The molecule has 2 rings (SSSR count). The van der Waals surface area contributed by atoms with E-state index in [0.29, 0.717) is 5.92 Å². The fourth-order valence-electron chi connectivity index (χ4n) is 2.53. The molecule has 0 amide bonds. The summed E-state index contributed by atoms with van der Waals surface area (Å²) in [7, 11) is 2.01. The van der Waals surface area contributed by atoms with Crippen molar-refractivity contribution in [1.29, 1.82) is 0 Å². The van der Waals surface area contributed by atoms with Crippen LogP contribution in [0.1, 0.15) is 31.3 Å². The molecule has 2 atom stereocenters. The van der Waals surface area contributed by atoms with Gasteiger partial charge >= 0.3 is 0 Å². The lowest BCUT2D eigenvalue weighted by molar-refractivity contribution is 0.166. The van der Waals surface area contributed by atoms with Crippen LogP contribution in [0.4, 0.5) is 0 Å². The lowest BCUT2D eigenvalue weighted by atomic mass is 9.85. The summed E-state index contributed by atoms with van der Waals surface area (Å²) in [5.74, 6) is 1.41. The van der Waals surface area contributed by atoms with Crippen molar-refractivity contribution < 1.29 is 5.11 Å². The highest BCUT2D eigenvalue weighted by Gasteiger charge is 2.22. The lowest BCUT2D eigenvalue weighted by Gasteiger charge is -2.25. The van der Waals surface area contributed by atoms with E-state index in [4.69, 9.17) is 5.73 Å². The van der Waals surface area contributed by atoms with Crippen molar-refractivity contribution in [3.8, 4) is 0 Å². The highest BCUT2D eigenvalue weighted by atomic mass is 16.3. The van der Waals surface area contributed by atoms with Crippen molar-refractivity contribution >= 4 is 11.0 Å². The summed E-state index contributed by atoms with van der Waals surface area (Å²) in [5, 5.41) is 9.49. The molecule has 2 aromatic rings. The van der Waals surface area contributed by atoms with Crippen LogP contribution < -0.4 is 5.73 Å². The molecule has 1 heterocycles. The quantitative estimate of drug-likeness (QED) is 0.886. The molecule has 0 aliphatic heterocycles. The number of benzene rings is 1. The average Bonchev–Trinajstić information content (AvgIpc) is 2.65. The van der Waals surface area contributed by atoms with Crippen molar-refractivity contribution in [3.63, 3.8) is 0 Å². The lowest BCUT2D eigenvalue weighted by Crippen LogP contribution is -2.28. The van der Waals surface area contributed by atoms with Gasteiger partial charge in [-0.2, -0.15) is 0 Å². The van der Waals surface area contributed by atoms with Gasteiger partial charge in [-0.15, -0.1) is 0 Å². The molecule has 19 heavy (non-hydrogen) atoms. The Bertz CT molecular complexity index is 574. The van der Waals surface area contributed by atoms with E-state index in [1.807, 2.05) is 26.1 Å². The minimum absolute atomic E-state index is 0.0715. The number of aryl methyl sites for hydroxylation is 2. The van der Waals surface area contributed by atoms with Crippen molar-refractivity contribution in [2.24, 2.45) is 24.6 Å². The van der Waals surface area contributed by atoms with Crippen molar-refractivity contribution in [3.05, 3.63) is 29.6 Å². The van der Waals surface area contributed by atoms with Gasteiger partial charge in [-0.1, -0.05) is 19.9 Å². The zero-order chi connectivity index (χ0) is 14.2. The van der Waals surface area contributed by atoms with E-state index in [2.05, 4.69) is 29.5 Å². The summed E-state index contributed by atoms with van der Waals surface area (Å²) in [6, 6.07) is 5.98. The Kier molecular flexibility index (Phi) is 3.92. The maximum atomic E-state index is 9.49. The van der Waals surface area contributed by atoms with Crippen LogP contribution in [0.25, 0.3) is 11.0 Å². The minimum Gasteiger partial charge on any atom is -0.396 e. The number of aromatic nitrogens is 2. The van der Waals surface area contributed by atoms with Gasteiger partial charge in [0, 0.05) is 25.6 Å². The van der Waals surface area contributed by atoms with Crippen LogP contribution in [0.5, 0.6) is 0 Å². The third kappa shape index (κ3) is 2.51. The number of fused-ring (bicyclic) bond motifs is 1. The van der Waals surface area contributed by atoms with Gasteiger partial charge in [-0.25, -0.2) is 4.98 Å². The Morgan fingerprint density at radius 3 is 2.63 bits per heavy atom. The molecule has 0 spiro atoms. The highest BCUT2D eigenvalue weighted by molar-refractivity contribution is 5.76. The monoisotopic (exact) mass is 261 g/mol. The van der Waals surface area contributed by atoms with Gasteiger partial charge in [-0.3, -0.25) is 0 Å². The highest BCUT2D eigenvalue weighted by Crippen LogP contribution is 2.27. The maximum Gasteiger partial charge on any atom is 0.106 e. The molecular weight excluding hydrogens is 238 g/mol. The molecule has 0 aliphatic rings. The number of nitrogens with two attached hydrogens (primary N) is 1. The SMILES string of the molecule is Cc1nc2cc(C(N)C(CO)C(C)C)ccc2n1C. The summed E-state index contributed by atoms with van der Waals surface area (Å²) in [6.45, 7) is 6.27. The molecule has 0 fully saturated rings. The normalized spacial score (nSPS) is 15.1. The molecule has 4 heteroatoms. The van der Waals surface area contributed by atoms with Crippen molar-refractivity contribution in [2.75, 3.05) is 6.61 Å². The third-order valence-electron chi connectivity index (χ3n) is 4.04. The van der Waals surface area contributed by atoms with Gasteiger partial charge in [0.1, 0.15) is 5.82 Å². The summed E-state index contributed by atoms with van der Waals surface area (Å²) >= 11 is 0. The first-order valence-electron chi connectivity index (χ1n) is 6.75. The van der Waals surface area contributed by atoms with Gasteiger partial charge in [0.15, 0.2) is 0 Å². The fourth-order valence-corrected chi connectivity index (χ4v) is 2.53. The summed E-state index contributed by atoms with van der Waals surface area (Å²) < 4.78 is 2.07. The zero-order valence-electron chi connectivity index (χ0n) is 12.1. The maximum absolute atomic E-state index is 9.49. The van der Waals surface area contributed by atoms with E-state index in [-0.39, 0.29) is 18.6 Å². The first kappa shape index (κ1) is 14.0. The fraction of sp³-hybridized carbons (Fsp3) is 0.533. The topological polar surface area (TPSA) is 64.1 Å². The first-order valence-corrected chi connectivity index (χ1v) is 6.75. The van der Waals surface area contributed by atoms with E-state index in [1.165, 1.54) is 0 Å². The Balaban J connectivity index is 2.40. The number of aliphatic hydroxyl groups excluding tert-OH is 1. The molecule has 0 bridgehead atoms. The summed E-state index contributed by atoms with van der Waals surface area (Å²) in [4.78, 5) is 4.53. The smallest absolute Gasteiger partial charge is 0.106 e. The van der Waals surface area contributed by atoms with Crippen LogP contribution in [-0.4, -0.2) is 21.3 Å². The van der Waals surface area contributed by atoms with E-state index in [0.717, 1.165) is 22.4 Å². The predicted molar refractivity (Wildman–Crippen MR) is 77.8 cm³/mol. The van der Waals surface area contributed by atoms with Crippen molar-refractivity contribution in [2.45, 2.75) is 26.8 Å². The molecular formula is C15H23N3O. The average molecular weight is 261 g/mol. The van der Waals surface area contributed by atoms with Gasteiger partial charge in [0.2, 0.25) is 0 Å². The number of rotatable bonds is 4. The van der Waals surface area contributed by atoms with Crippen LogP contribution in [0.3, 0.4) is 0 Å². The van der Waals surface area contributed by atoms with Gasteiger partial charge in [0.05, 0.1) is 11.0 Å². The molecule has 4 nitrogen and oxygen atoms in total. The molecule has 0 saturated heterocycles. The molecule has 2 unspecified atom stereocenters. The summed E-state index contributed by atoms with van der Waals surface area (Å²) in [6.07, 6.45) is 0.